The van der Waals surface area contributed by atoms with Crippen molar-refractivity contribution in [1.82, 2.24) is 14.8 Å². The van der Waals surface area contributed by atoms with Gasteiger partial charge in [0.2, 0.25) is 0 Å². The highest BCUT2D eigenvalue weighted by molar-refractivity contribution is 5.94. The molecule has 0 atom stereocenters. The van der Waals surface area contributed by atoms with Gasteiger partial charge >= 0.3 is 6.09 Å². The van der Waals surface area contributed by atoms with Crippen molar-refractivity contribution < 1.29 is 19.1 Å². The standard InChI is InChI=1S/C13H17N3O4/c1-2-20-13(19)16-5-3-15(4-6-16)12(18)11-7-10(9-17)8-14-11/h7-9,14H,2-6H2,1H3. The summed E-state index contributed by atoms with van der Waals surface area (Å²) in [6, 6.07) is 1.52. The Morgan fingerprint density at radius 1 is 1.30 bits per heavy atom. The fraction of sp³-hybridized carbons (Fsp3) is 0.462. The lowest BCUT2D eigenvalue weighted by Gasteiger charge is -2.33. The van der Waals surface area contributed by atoms with Gasteiger partial charge in [-0.3, -0.25) is 9.59 Å². The Labute approximate surface area is 116 Å². The van der Waals surface area contributed by atoms with E-state index in [0.717, 1.165) is 0 Å². The molecule has 108 valence electrons. The maximum Gasteiger partial charge on any atom is 0.409 e. The number of H-pyrrole nitrogens is 1. The van der Waals surface area contributed by atoms with Crippen molar-refractivity contribution in [2.45, 2.75) is 6.92 Å². The van der Waals surface area contributed by atoms with Gasteiger partial charge in [0.1, 0.15) is 5.69 Å². The molecule has 1 N–H and O–H groups in total. The van der Waals surface area contributed by atoms with Gasteiger partial charge in [-0.15, -0.1) is 0 Å². The average Bonchev–Trinajstić information content (AvgIpc) is 2.96. The Bertz CT molecular complexity index is 503. The van der Waals surface area contributed by atoms with Gasteiger partial charge in [0.15, 0.2) is 6.29 Å². The van der Waals surface area contributed by atoms with Crippen LogP contribution in [0.4, 0.5) is 4.79 Å². The van der Waals surface area contributed by atoms with Crippen LogP contribution in [0, 0.1) is 0 Å². The van der Waals surface area contributed by atoms with Crippen LogP contribution in [0.25, 0.3) is 0 Å². The van der Waals surface area contributed by atoms with Gasteiger partial charge in [0.05, 0.1) is 6.61 Å². The molecule has 20 heavy (non-hydrogen) atoms. The molecule has 2 amide bonds. The van der Waals surface area contributed by atoms with E-state index >= 15 is 0 Å². The number of aldehydes is 1. The molecule has 1 aromatic rings. The minimum Gasteiger partial charge on any atom is -0.450 e. The number of aromatic amines is 1. The zero-order valence-electron chi connectivity index (χ0n) is 11.3. The molecule has 0 radical (unpaired) electrons. The summed E-state index contributed by atoms with van der Waals surface area (Å²) in [4.78, 5) is 40.3. The number of carbonyl (C=O) groups is 3. The number of ether oxygens (including phenoxy) is 1. The number of aromatic nitrogens is 1. The number of carbonyl (C=O) groups excluding carboxylic acids is 3. The molecule has 1 aliphatic rings. The van der Waals surface area contributed by atoms with Crippen LogP contribution in [0.1, 0.15) is 27.8 Å². The first kappa shape index (κ1) is 14.1. The molecule has 1 aliphatic heterocycles. The molecule has 1 saturated heterocycles. The first-order valence-corrected chi connectivity index (χ1v) is 6.50. The lowest BCUT2D eigenvalue weighted by molar-refractivity contribution is 0.0566. The molecule has 0 aromatic carbocycles. The summed E-state index contributed by atoms with van der Waals surface area (Å²) in [5, 5.41) is 0. The third kappa shape index (κ3) is 2.98. The number of amides is 2. The van der Waals surface area contributed by atoms with Gasteiger partial charge in [-0.05, 0) is 13.0 Å². The molecule has 1 fully saturated rings. The van der Waals surface area contributed by atoms with Crippen molar-refractivity contribution in [1.29, 1.82) is 0 Å². The predicted octanol–water partition coefficient (Wildman–Crippen LogP) is 0.742. The Morgan fingerprint density at radius 2 is 1.95 bits per heavy atom. The molecule has 7 nitrogen and oxygen atoms in total. The van der Waals surface area contributed by atoms with E-state index in [1.807, 2.05) is 0 Å². The molecule has 0 spiro atoms. The summed E-state index contributed by atoms with van der Waals surface area (Å²) in [5.74, 6) is -0.165. The van der Waals surface area contributed by atoms with Crippen molar-refractivity contribution in [3.63, 3.8) is 0 Å². The third-order valence-electron chi connectivity index (χ3n) is 3.16. The monoisotopic (exact) mass is 279 g/mol. The van der Waals surface area contributed by atoms with Crippen LogP contribution in [0.5, 0.6) is 0 Å². The number of hydrogen-bond donors (Lipinski definition) is 1. The number of rotatable bonds is 3. The predicted molar refractivity (Wildman–Crippen MR) is 70.7 cm³/mol. The van der Waals surface area contributed by atoms with Gasteiger partial charge in [-0.2, -0.15) is 0 Å². The van der Waals surface area contributed by atoms with E-state index in [0.29, 0.717) is 50.3 Å². The van der Waals surface area contributed by atoms with Crippen LogP contribution < -0.4 is 0 Å². The normalized spacial score (nSPS) is 15.1. The van der Waals surface area contributed by atoms with Crippen molar-refractivity contribution in [3.8, 4) is 0 Å². The van der Waals surface area contributed by atoms with Crippen molar-refractivity contribution in [2.24, 2.45) is 0 Å². The molecule has 7 heteroatoms. The summed E-state index contributed by atoms with van der Waals surface area (Å²) in [6.45, 7) is 3.90. The molecule has 0 saturated carbocycles. The zero-order chi connectivity index (χ0) is 14.5. The van der Waals surface area contributed by atoms with E-state index < -0.39 is 0 Å². The van der Waals surface area contributed by atoms with E-state index in [2.05, 4.69) is 4.98 Å². The number of piperazine rings is 1. The van der Waals surface area contributed by atoms with E-state index in [4.69, 9.17) is 4.74 Å². The summed E-state index contributed by atoms with van der Waals surface area (Å²) >= 11 is 0. The Balaban J connectivity index is 1.91. The Kier molecular flexibility index (Phi) is 4.39. The van der Waals surface area contributed by atoms with Crippen LogP contribution >= 0.6 is 0 Å². The fourth-order valence-electron chi connectivity index (χ4n) is 2.08. The lowest BCUT2D eigenvalue weighted by atomic mass is 10.2. The highest BCUT2D eigenvalue weighted by atomic mass is 16.6. The van der Waals surface area contributed by atoms with Gasteiger partial charge in [0, 0.05) is 37.9 Å². The smallest absolute Gasteiger partial charge is 0.409 e. The molecule has 0 aliphatic carbocycles. The van der Waals surface area contributed by atoms with E-state index in [9.17, 15) is 14.4 Å². The molecular weight excluding hydrogens is 262 g/mol. The Morgan fingerprint density at radius 3 is 2.50 bits per heavy atom. The minimum absolute atomic E-state index is 0.165. The van der Waals surface area contributed by atoms with Crippen LogP contribution in [0.2, 0.25) is 0 Å². The second kappa shape index (κ2) is 6.23. The van der Waals surface area contributed by atoms with Crippen LogP contribution in [0.3, 0.4) is 0 Å². The SMILES string of the molecule is CCOC(=O)N1CCN(C(=O)c2cc(C=O)c[nH]2)CC1. The Hall–Kier alpha value is -2.31. The summed E-state index contributed by atoms with van der Waals surface area (Å²) < 4.78 is 4.92. The highest BCUT2D eigenvalue weighted by Gasteiger charge is 2.26. The molecule has 0 bridgehead atoms. The van der Waals surface area contributed by atoms with Crippen molar-refractivity contribution in [3.05, 3.63) is 23.5 Å². The zero-order valence-corrected chi connectivity index (χ0v) is 11.3. The minimum atomic E-state index is -0.345. The highest BCUT2D eigenvalue weighted by Crippen LogP contribution is 2.09. The number of nitrogens with one attached hydrogen (secondary N) is 1. The van der Waals surface area contributed by atoms with E-state index in [-0.39, 0.29) is 12.0 Å². The van der Waals surface area contributed by atoms with Crippen molar-refractivity contribution >= 4 is 18.3 Å². The lowest BCUT2D eigenvalue weighted by Crippen LogP contribution is -2.50. The van der Waals surface area contributed by atoms with E-state index in [1.54, 1.807) is 16.7 Å². The van der Waals surface area contributed by atoms with Gasteiger partial charge in [-0.1, -0.05) is 0 Å². The van der Waals surface area contributed by atoms with Gasteiger partial charge in [-0.25, -0.2) is 4.79 Å². The largest absolute Gasteiger partial charge is 0.450 e. The molecule has 2 rings (SSSR count). The van der Waals surface area contributed by atoms with Gasteiger partial charge in [0.25, 0.3) is 5.91 Å². The molecule has 2 heterocycles. The van der Waals surface area contributed by atoms with Crippen LogP contribution in [-0.2, 0) is 4.74 Å². The molecular formula is C13H17N3O4. The third-order valence-corrected chi connectivity index (χ3v) is 3.16. The fourth-order valence-corrected chi connectivity index (χ4v) is 2.08. The number of nitrogens with zero attached hydrogens (tertiary/aromatic N) is 2. The average molecular weight is 279 g/mol. The summed E-state index contributed by atoms with van der Waals surface area (Å²) in [5.41, 5.74) is 0.829. The second-order valence-corrected chi connectivity index (χ2v) is 4.44. The van der Waals surface area contributed by atoms with E-state index in [1.165, 1.54) is 12.3 Å². The van der Waals surface area contributed by atoms with Crippen LogP contribution in [-0.4, -0.2) is 65.9 Å². The quantitative estimate of drug-likeness (QED) is 0.827. The second-order valence-electron chi connectivity index (χ2n) is 4.44. The first-order valence-electron chi connectivity index (χ1n) is 6.50. The van der Waals surface area contributed by atoms with Crippen LogP contribution in [0.15, 0.2) is 12.3 Å². The summed E-state index contributed by atoms with van der Waals surface area (Å²) in [7, 11) is 0. The maximum absolute atomic E-state index is 12.2. The molecule has 1 aromatic heterocycles. The van der Waals surface area contributed by atoms with Gasteiger partial charge < -0.3 is 19.5 Å². The molecule has 0 unspecified atom stereocenters. The summed E-state index contributed by atoms with van der Waals surface area (Å²) in [6.07, 6.45) is 1.84. The number of hydrogen-bond acceptors (Lipinski definition) is 4. The maximum atomic E-state index is 12.2. The topological polar surface area (TPSA) is 82.7 Å². The first-order chi connectivity index (χ1) is 9.65. The van der Waals surface area contributed by atoms with Crippen molar-refractivity contribution in [2.75, 3.05) is 32.8 Å².